The number of aliphatic imine (C=N–C) groups is 1. The Hall–Kier alpha value is -0.420. The standard InChI is InChI=1S/C6H8N2OS2/c1-11-3-4-2-5(9)8-6(10)7-4/h2-3H2,1H3,(H,8,9,10). The van der Waals surface area contributed by atoms with Gasteiger partial charge in [-0.1, -0.05) is 0 Å². The topological polar surface area (TPSA) is 41.5 Å². The molecule has 60 valence electrons. The number of hydrogen-bond acceptors (Lipinski definition) is 3. The summed E-state index contributed by atoms with van der Waals surface area (Å²) in [4.78, 5) is 14.9. The first kappa shape index (κ1) is 8.67. The fraction of sp³-hybridized carbons (Fsp3) is 0.500. The number of thiocarbonyl (C=S) groups is 1. The van der Waals surface area contributed by atoms with Crippen molar-refractivity contribution in [2.24, 2.45) is 4.99 Å². The quantitative estimate of drug-likeness (QED) is 0.645. The van der Waals surface area contributed by atoms with Crippen LogP contribution < -0.4 is 5.32 Å². The van der Waals surface area contributed by atoms with Crippen molar-refractivity contribution in [2.45, 2.75) is 6.42 Å². The minimum atomic E-state index is -0.0472. The molecule has 0 saturated carbocycles. The summed E-state index contributed by atoms with van der Waals surface area (Å²) >= 11 is 6.39. The lowest BCUT2D eigenvalue weighted by molar-refractivity contribution is -0.118. The zero-order valence-electron chi connectivity index (χ0n) is 6.09. The van der Waals surface area contributed by atoms with E-state index in [1.807, 2.05) is 6.26 Å². The van der Waals surface area contributed by atoms with Crippen LogP contribution in [0.3, 0.4) is 0 Å². The van der Waals surface area contributed by atoms with Crippen molar-refractivity contribution >= 4 is 40.7 Å². The van der Waals surface area contributed by atoms with E-state index in [-0.39, 0.29) is 5.91 Å². The molecule has 0 fully saturated rings. The van der Waals surface area contributed by atoms with E-state index in [1.165, 1.54) is 0 Å². The number of rotatable bonds is 2. The molecule has 0 atom stereocenters. The predicted octanol–water partition coefficient (Wildman–Crippen LogP) is 0.595. The predicted molar refractivity (Wildman–Crippen MR) is 51.2 cm³/mol. The molecule has 0 aromatic carbocycles. The maximum atomic E-state index is 10.9. The second kappa shape index (κ2) is 3.82. The van der Waals surface area contributed by atoms with Crippen LogP contribution in [0.1, 0.15) is 6.42 Å². The van der Waals surface area contributed by atoms with Crippen molar-refractivity contribution in [1.82, 2.24) is 5.32 Å². The van der Waals surface area contributed by atoms with E-state index in [0.29, 0.717) is 11.5 Å². The van der Waals surface area contributed by atoms with Crippen molar-refractivity contribution in [3.05, 3.63) is 0 Å². The van der Waals surface area contributed by atoms with Crippen molar-refractivity contribution in [3.63, 3.8) is 0 Å². The minimum Gasteiger partial charge on any atom is -0.301 e. The Morgan fingerprint density at radius 1 is 1.82 bits per heavy atom. The highest BCUT2D eigenvalue weighted by Crippen LogP contribution is 2.02. The zero-order chi connectivity index (χ0) is 8.27. The summed E-state index contributed by atoms with van der Waals surface area (Å²) in [6.45, 7) is 0. The summed E-state index contributed by atoms with van der Waals surface area (Å²) in [6, 6.07) is 0. The van der Waals surface area contributed by atoms with Crippen molar-refractivity contribution in [1.29, 1.82) is 0 Å². The lowest BCUT2D eigenvalue weighted by Gasteiger charge is -2.11. The van der Waals surface area contributed by atoms with Crippen LogP contribution in [0.4, 0.5) is 0 Å². The Morgan fingerprint density at radius 3 is 3.09 bits per heavy atom. The molecule has 0 unspecified atom stereocenters. The molecule has 0 saturated heterocycles. The molecule has 1 rings (SSSR count). The Bertz CT molecular complexity index is 225. The maximum Gasteiger partial charge on any atom is 0.231 e. The molecule has 0 bridgehead atoms. The van der Waals surface area contributed by atoms with E-state index in [9.17, 15) is 4.79 Å². The van der Waals surface area contributed by atoms with Crippen LogP contribution in [0.15, 0.2) is 4.99 Å². The largest absolute Gasteiger partial charge is 0.301 e. The molecular formula is C6H8N2OS2. The van der Waals surface area contributed by atoms with Gasteiger partial charge in [0.15, 0.2) is 5.11 Å². The maximum absolute atomic E-state index is 10.9. The van der Waals surface area contributed by atoms with Gasteiger partial charge in [0.1, 0.15) is 0 Å². The van der Waals surface area contributed by atoms with Gasteiger partial charge >= 0.3 is 0 Å². The zero-order valence-corrected chi connectivity index (χ0v) is 7.72. The van der Waals surface area contributed by atoms with E-state index in [2.05, 4.69) is 10.3 Å². The second-order valence-electron chi connectivity index (χ2n) is 2.14. The molecule has 1 N–H and O–H groups in total. The third-order valence-electron chi connectivity index (χ3n) is 1.18. The van der Waals surface area contributed by atoms with Gasteiger partial charge in [0.25, 0.3) is 0 Å². The average molecular weight is 188 g/mol. The van der Waals surface area contributed by atoms with E-state index in [0.717, 1.165) is 11.5 Å². The highest BCUT2D eigenvalue weighted by molar-refractivity contribution is 7.99. The Balaban J connectivity index is 2.64. The summed E-state index contributed by atoms with van der Waals surface area (Å²) in [5.41, 5.74) is 0.867. The van der Waals surface area contributed by atoms with Gasteiger partial charge in [0, 0.05) is 11.5 Å². The summed E-state index contributed by atoms with van der Waals surface area (Å²) in [5.74, 6) is 0.738. The average Bonchev–Trinajstić information content (AvgIpc) is 1.85. The Labute approximate surface area is 74.6 Å². The van der Waals surface area contributed by atoms with Crippen molar-refractivity contribution < 1.29 is 4.79 Å². The molecule has 3 nitrogen and oxygen atoms in total. The van der Waals surface area contributed by atoms with Crippen LogP contribution >= 0.6 is 24.0 Å². The molecule has 1 aliphatic rings. The third kappa shape index (κ3) is 2.59. The SMILES string of the molecule is CSCC1=NC(=S)NC(=O)C1. The molecule has 0 spiro atoms. The molecule has 1 amide bonds. The number of amides is 1. The first-order chi connectivity index (χ1) is 5.22. The van der Waals surface area contributed by atoms with Gasteiger partial charge in [-0.25, -0.2) is 4.99 Å². The number of nitrogens with one attached hydrogen (secondary N) is 1. The summed E-state index contributed by atoms with van der Waals surface area (Å²) in [5, 5.41) is 2.76. The van der Waals surface area contributed by atoms with Crippen LogP contribution in [0, 0.1) is 0 Å². The van der Waals surface area contributed by atoms with Crippen LogP contribution in [-0.2, 0) is 4.79 Å². The van der Waals surface area contributed by atoms with Gasteiger partial charge in [-0.15, -0.1) is 0 Å². The van der Waals surface area contributed by atoms with Gasteiger partial charge < -0.3 is 5.32 Å². The van der Waals surface area contributed by atoms with E-state index in [1.54, 1.807) is 11.8 Å². The molecule has 11 heavy (non-hydrogen) atoms. The number of carbonyl (C=O) groups excluding carboxylic acids is 1. The van der Waals surface area contributed by atoms with Crippen LogP contribution in [0.2, 0.25) is 0 Å². The van der Waals surface area contributed by atoms with E-state index < -0.39 is 0 Å². The van der Waals surface area contributed by atoms with Crippen LogP contribution in [0.25, 0.3) is 0 Å². The fourth-order valence-electron chi connectivity index (χ4n) is 0.810. The second-order valence-corrected chi connectivity index (χ2v) is 3.39. The van der Waals surface area contributed by atoms with Crippen molar-refractivity contribution in [2.75, 3.05) is 12.0 Å². The molecule has 0 radical (unpaired) electrons. The molecule has 0 aromatic rings. The Morgan fingerprint density at radius 2 is 2.55 bits per heavy atom. The number of hydrogen-bond donors (Lipinski definition) is 1. The first-order valence-corrected chi connectivity index (χ1v) is 4.92. The van der Waals surface area contributed by atoms with Crippen LogP contribution in [0.5, 0.6) is 0 Å². The molecule has 0 aliphatic carbocycles. The van der Waals surface area contributed by atoms with Gasteiger partial charge in [0.2, 0.25) is 5.91 Å². The van der Waals surface area contributed by atoms with E-state index in [4.69, 9.17) is 12.2 Å². The molecule has 1 heterocycles. The first-order valence-electron chi connectivity index (χ1n) is 3.11. The highest BCUT2D eigenvalue weighted by atomic mass is 32.2. The lowest BCUT2D eigenvalue weighted by atomic mass is 10.2. The minimum absolute atomic E-state index is 0.0472. The van der Waals surface area contributed by atoms with Gasteiger partial charge in [0.05, 0.1) is 6.42 Å². The monoisotopic (exact) mass is 188 g/mol. The molecule has 5 heteroatoms. The number of nitrogens with zero attached hydrogens (tertiary/aromatic N) is 1. The van der Waals surface area contributed by atoms with Gasteiger partial charge in [-0.2, -0.15) is 11.8 Å². The summed E-state index contributed by atoms with van der Waals surface area (Å²) in [6.07, 6.45) is 2.36. The smallest absolute Gasteiger partial charge is 0.231 e. The summed E-state index contributed by atoms with van der Waals surface area (Å²) in [7, 11) is 0. The summed E-state index contributed by atoms with van der Waals surface area (Å²) < 4.78 is 0. The van der Waals surface area contributed by atoms with Gasteiger partial charge in [-0.3, -0.25) is 4.79 Å². The molecule has 1 aliphatic heterocycles. The normalized spacial score (nSPS) is 17.7. The molecule has 0 aromatic heterocycles. The Kier molecular flexibility index (Phi) is 3.02. The molecular weight excluding hydrogens is 180 g/mol. The highest BCUT2D eigenvalue weighted by Gasteiger charge is 2.14. The van der Waals surface area contributed by atoms with Crippen LogP contribution in [-0.4, -0.2) is 28.7 Å². The lowest BCUT2D eigenvalue weighted by Crippen LogP contribution is -2.35. The van der Waals surface area contributed by atoms with Crippen molar-refractivity contribution in [3.8, 4) is 0 Å². The van der Waals surface area contributed by atoms with E-state index >= 15 is 0 Å². The fourth-order valence-corrected chi connectivity index (χ4v) is 1.55. The van der Waals surface area contributed by atoms with Gasteiger partial charge in [-0.05, 0) is 18.5 Å². The third-order valence-corrected chi connectivity index (χ3v) is 2.00. The number of thioether (sulfide) groups is 1. The number of carbonyl (C=O) groups is 1.